The van der Waals surface area contributed by atoms with E-state index in [-0.39, 0.29) is 13.0 Å². The first-order valence-corrected chi connectivity index (χ1v) is 34.1. The molecule has 6 N–H and O–H groups in total. The average molecular weight is 1140 g/mol. The van der Waals surface area contributed by atoms with Gasteiger partial charge >= 0.3 is 5.97 Å². The molecule has 81 heavy (non-hydrogen) atoms. The van der Waals surface area contributed by atoms with Crippen molar-refractivity contribution in [1.82, 2.24) is 5.32 Å². The first kappa shape index (κ1) is 76.4. The third kappa shape index (κ3) is 45.4. The Bertz CT molecular complexity index is 1550. The molecule has 1 aliphatic heterocycles. The zero-order valence-corrected chi connectivity index (χ0v) is 52.4. The van der Waals surface area contributed by atoms with Gasteiger partial charge in [-0.15, -0.1) is 0 Å². The second kappa shape index (κ2) is 57.8. The Balaban J connectivity index is 2.60. The molecule has 1 amide bonds. The first-order valence-electron chi connectivity index (χ1n) is 34.1. The molecule has 0 aliphatic carbocycles. The molecule has 0 saturated carbocycles. The topological polar surface area (TPSA) is 175 Å². The van der Waals surface area contributed by atoms with Gasteiger partial charge in [-0.1, -0.05) is 293 Å². The Hall–Kier alpha value is -2.64. The molecule has 0 aromatic heterocycles. The minimum Gasteiger partial charge on any atom is -0.454 e. The fourth-order valence-corrected chi connectivity index (χ4v) is 10.5. The van der Waals surface area contributed by atoms with Gasteiger partial charge in [-0.25, -0.2) is 0 Å². The zero-order chi connectivity index (χ0) is 58.9. The van der Waals surface area contributed by atoms with E-state index in [9.17, 15) is 35.1 Å². The molecule has 1 fully saturated rings. The second-order valence-corrected chi connectivity index (χ2v) is 23.6. The van der Waals surface area contributed by atoms with Gasteiger partial charge in [-0.2, -0.15) is 0 Å². The van der Waals surface area contributed by atoms with Crippen molar-refractivity contribution in [2.45, 2.75) is 359 Å². The van der Waals surface area contributed by atoms with E-state index in [1.807, 2.05) is 6.08 Å². The normalized spacial score (nSPS) is 19.0. The molecule has 0 spiro atoms. The summed E-state index contributed by atoms with van der Waals surface area (Å²) in [5, 5.41) is 57.1. The summed E-state index contributed by atoms with van der Waals surface area (Å²) in [4.78, 5) is 26.6. The van der Waals surface area contributed by atoms with Crippen LogP contribution in [0.1, 0.15) is 310 Å². The number of aliphatic hydroxyl groups is 5. The molecular weight excluding hydrogens is 1010 g/mol. The molecule has 11 heteroatoms. The van der Waals surface area contributed by atoms with Crippen molar-refractivity contribution in [3.8, 4) is 0 Å². The van der Waals surface area contributed by atoms with Crippen molar-refractivity contribution in [3.63, 3.8) is 0 Å². The van der Waals surface area contributed by atoms with Crippen LogP contribution in [0.25, 0.3) is 0 Å². The smallest absolute Gasteiger partial charge is 0.306 e. The monoisotopic (exact) mass is 1140 g/mol. The van der Waals surface area contributed by atoms with Crippen molar-refractivity contribution < 1.29 is 49.3 Å². The third-order valence-electron chi connectivity index (χ3n) is 15.9. The summed E-state index contributed by atoms with van der Waals surface area (Å²) in [5.74, 6) is -1.19. The fourth-order valence-electron chi connectivity index (χ4n) is 10.5. The van der Waals surface area contributed by atoms with Gasteiger partial charge in [0.15, 0.2) is 12.4 Å². The fraction of sp³-hybridized carbons (Fsp3) is 0.829. The highest BCUT2D eigenvalue weighted by Gasteiger charge is 2.47. The van der Waals surface area contributed by atoms with Crippen molar-refractivity contribution in [2.24, 2.45) is 0 Å². The summed E-state index contributed by atoms with van der Waals surface area (Å²) in [6.07, 6.45) is 62.5. The van der Waals surface area contributed by atoms with Gasteiger partial charge in [0.1, 0.15) is 24.4 Å². The molecule has 472 valence electrons. The number of carbonyl (C=O) groups excluding carboxylic acids is 2. The molecule has 0 radical (unpaired) electrons. The molecule has 8 atom stereocenters. The third-order valence-corrected chi connectivity index (χ3v) is 15.9. The van der Waals surface area contributed by atoms with Crippen LogP contribution in [0.4, 0.5) is 0 Å². The van der Waals surface area contributed by atoms with E-state index in [0.29, 0.717) is 19.3 Å². The molecule has 1 rings (SSSR count). The molecule has 11 nitrogen and oxygen atoms in total. The summed E-state index contributed by atoms with van der Waals surface area (Å²) in [6.45, 7) is 5.79. The maximum absolute atomic E-state index is 13.4. The number of hydrogen-bond donors (Lipinski definition) is 6. The van der Waals surface area contributed by atoms with Crippen LogP contribution in [0.3, 0.4) is 0 Å². The van der Waals surface area contributed by atoms with Crippen LogP contribution in [0.2, 0.25) is 0 Å². The number of ether oxygens (including phenoxy) is 3. The SMILES string of the molecule is CCCCC/C=C\C/C=C\C/C=C\C/C=C\CCCCCCCCCCCC(=O)OC1C(OCC(NC(=O)C(O)CCCCCCCCCCCCCCCC)C(O)/C=C/CCCCCCCCCCCCC)OC(CO)C(O)C1O. The van der Waals surface area contributed by atoms with Gasteiger partial charge < -0.3 is 45.1 Å². The van der Waals surface area contributed by atoms with Crippen LogP contribution in [-0.4, -0.2) is 99.6 Å². The summed E-state index contributed by atoms with van der Waals surface area (Å²) < 4.78 is 17.7. The number of aliphatic hydroxyl groups excluding tert-OH is 5. The van der Waals surface area contributed by atoms with Crippen molar-refractivity contribution in [1.29, 1.82) is 0 Å². The standard InChI is InChI=1S/C70H127NO10/c1-4-7-10-13-16-19-22-25-27-28-29-30-31-32-33-34-35-36-37-40-43-46-49-52-55-58-65(75)81-68-67(77)66(76)64(59-72)80-70(68)79-60-61(62(73)56-53-50-47-44-41-38-24-21-18-15-12-9-6-3)71-69(78)63(74)57-54-51-48-45-42-39-26-23-20-17-14-11-8-5-2/h16,19,25,27,29-30,32-33,53,56,61-64,66-68,70,72-74,76-77H,4-15,17-18,20-24,26,28,31,34-52,54-55,57-60H2,1-3H3,(H,71,78)/b19-16-,27-25-,30-29-,33-32-,56-53+. The molecule has 1 aliphatic rings. The number of allylic oxidation sites excluding steroid dienone is 9. The highest BCUT2D eigenvalue weighted by Crippen LogP contribution is 2.26. The second-order valence-electron chi connectivity index (χ2n) is 23.6. The lowest BCUT2D eigenvalue weighted by Crippen LogP contribution is -2.61. The van der Waals surface area contributed by atoms with Gasteiger partial charge in [0, 0.05) is 6.42 Å². The largest absolute Gasteiger partial charge is 0.454 e. The van der Waals surface area contributed by atoms with E-state index in [0.717, 1.165) is 89.9 Å². The van der Waals surface area contributed by atoms with Crippen LogP contribution in [0.15, 0.2) is 60.8 Å². The minimum atomic E-state index is -1.62. The van der Waals surface area contributed by atoms with Crippen molar-refractivity contribution >= 4 is 11.9 Å². The summed E-state index contributed by atoms with van der Waals surface area (Å²) in [6, 6.07) is -1.02. The predicted octanol–water partition coefficient (Wildman–Crippen LogP) is 17.0. The number of hydrogen-bond acceptors (Lipinski definition) is 10. The van der Waals surface area contributed by atoms with E-state index in [1.54, 1.807) is 6.08 Å². The highest BCUT2D eigenvalue weighted by molar-refractivity contribution is 5.80. The molecular formula is C70H127NO10. The number of carbonyl (C=O) groups is 2. The molecule has 8 unspecified atom stereocenters. The summed E-state index contributed by atoms with van der Waals surface area (Å²) >= 11 is 0. The van der Waals surface area contributed by atoms with E-state index in [1.165, 1.54) is 173 Å². The van der Waals surface area contributed by atoms with Gasteiger partial charge in [-0.05, 0) is 70.6 Å². The maximum Gasteiger partial charge on any atom is 0.306 e. The van der Waals surface area contributed by atoms with Crippen molar-refractivity contribution in [2.75, 3.05) is 13.2 Å². The van der Waals surface area contributed by atoms with Gasteiger partial charge in [0.05, 0.1) is 25.4 Å². The molecule has 1 saturated heterocycles. The Morgan fingerprint density at radius 2 is 0.852 bits per heavy atom. The average Bonchev–Trinajstić information content (AvgIpc) is 3.47. The molecule has 0 bridgehead atoms. The van der Waals surface area contributed by atoms with Crippen LogP contribution >= 0.6 is 0 Å². The molecule has 1 heterocycles. The molecule has 0 aromatic rings. The quantitative estimate of drug-likeness (QED) is 0.0195. The van der Waals surface area contributed by atoms with Crippen molar-refractivity contribution in [3.05, 3.63) is 60.8 Å². The van der Waals surface area contributed by atoms with Crippen LogP contribution in [-0.2, 0) is 23.8 Å². The lowest BCUT2D eigenvalue weighted by atomic mass is 9.99. The lowest BCUT2D eigenvalue weighted by Gasteiger charge is -2.41. The first-order chi connectivity index (χ1) is 39.7. The number of esters is 1. The lowest BCUT2D eigenvalue weighted by molar-refractivity contribution is -0.305. The van der Waals surface area contributed by atoms with Crippen LogP contribution in [0.5, 0.6) is 0 Å². The van der Waals surface area contributed by atoms with Crippen LogP contribution < -0.4 is 5.32 Å². The Kier molecular flexibility index (Phi) is 54.5. The summed E-state index contributed by atoms with van der Waals surface area (Å²) in [7, 11) is 0. The Labute approximate surface area is 497 Å². The van der Waals surface area contributed by atoms with E-state index in [2.05, 4.69) is 74.7 Å². The number of rotatable bonds is 58. The molecule has 0 aromatic carbocycles. The Morgan fingerprint density at radius 3 is 1.30 bits per heavy atom. The van der Waals surface area contributed by atoms with E-state index >= 15 is 0 Å². The van der Waals surface area contributed by atoms with E-state index < -0.39 is 67.4 Å². The van der Waals surface area contributed by atoms with Gasteiger partial charge in [-0.3, -0.25) is 9.59 Å². The predicted molar refractivity (Wildman–Crippen MR) is 338 cm³/mol. The van der Waals surface area contributed by atoms with E-state index in [4.69, 9.17) is 14.2 Å². The number of amides is 1. The minimum absolute atomic E-state index is 0.117. The summed E-state index contributed by atoms with van der Waals surface area (Å²) in [5.41, 5.74) is 0. The van der Waals surface area contributed by atoms with Gasteiger partial charge in [0.25, 0.3) is 0 Å². The highest BCUT2D eigenvalue weighted by atomic mass is 16.7. The zero-order valence-electron chi connectivity index (χ0n) is 52.4. The number of nitrogens with one attached hydrogen (secondary N) is 1. The maximum atomic E-state index is 13.4. The van der Waals surface area contributed by atoms with Crippen LogP contribution in [0, 0.1) is 0 Å². The number of unbranched alkanes of at least 4 members (excludes halogenated alkanes) is 36. The Morgan fingerprint density at radius 1 is 0.481 bits per heavy atom. The van der Waals surface area contributed by atoms with Gasteiger partial charge in [0.2, 0.25) is 5.91 Å².